The minimum absolute atomic E-state index is 0.684. The molecule has 0 spiro atoms. The van der Waals surface area contributed by atoms with Crippen LogP contribution < -0.4 is 5.32 Å². The van der Waals surface area contributed by atoms with Crippen molar-refractivity contribution in [2.45, 2.75) is 20.3 Å². The third-order valence-electron chi connectivity index (χ3n) is 2.79. The second kappa shape index (κ2) is 4.49. The van der Waals surface area contributed by atoms with Crippen molar-refractivity contribution in [1.82, 2.24) is 15.0 Å². The lowest BCUT2D eigenvalue weighted by Crippen LogP contribution is -2.01. The van der Waals surface area contributed by atoms with Crippen molar-refractivity contribution in [2.75, 3.05) is 11.9 Å². The standard InChI is InChI=1S/C13H14N4S/c1-3-10-16-9-6-5-8-7-15-13(14-4-2)17-11(8)12(9)18-10/h5-7H,3-4H2,1-2H3,(H,14,15,17). The van der Waals surface area contributed by atoms with Gasteiger partial charge in [0, 0.05) is 18.1 Å². The fourth-order valence-electron chi connectivity index (χ4n) is 1.92. The summed E-state index contributed by atoms with van der Waals surface area (Å²) >= 11 is 1.72. The number of aromatic nitrogens is 3. The first-order valence-corrected chi connectivity index (χ1v) is 6.92. The summed E-state index contributed by atoms with van der Waals surface area (Å²) < 4.78 is 1.16. The molecule has 1 aromatic carbocycles. The number of hydrogen-bond donors (Lipinski definition) is 1. The Bertz CT molecular complexity index is 705. The van der Waals surface area contributed by atoms with Gasteiger partial charge in [-0.25, -0.2) is 15.0 Å². The molecule has 5 heteroatoms. The van der Waals surface area contributed by atoms with E-state index in [9.17, 15) is 0 Å². The fraction of sp³-hybridized carbons (Fsp3) is 0.308. The van der Waals surface area contributed by atoms with Gasteiger partial charge in [0.05, 0.1) is 20.7 Å². The lowest BCUT2D eigenvalue weighted by molar-refractivity contribution is 1.11. The van der Waals surface area contributed by atoms with E-state index in [0.717, 1.165) is 39.1 Å². The zero-order chi connectivity index (χ0) is 12.5. The van der Waals surface area contributed by atoms with E-state index in [4.69, 9.17) is 0 Å². The smallest absolute Gasteiger partial charge is 0.223 e. The molecule has 0 radical (unpaired) electrons. The summed E-state index contributed by atoms with van der Waals surface area (Å²) in [6, 6.07) is 4.08. The highest BCUT2D eigenvalue weighted by Crippen LogP contribution is 2.29. The van der Waals surface area contributed by atoms with Gasteiger partial charge < -0.3 is 5.32 Å². The van der Waals surface area contributed by atoms with Crippen LogP contribution in [0.15, 0.2) is 18.3 Å². The van der Waals surface area contributed by atoms with Crippen LogP contribution in [-0.4, -0.2) is 21.5 Å². The largest absolute Gasteiger partial charge is 0.354 e. The Morgan fingerprint density at radius 1 is 1.22 bits per heavy atom. The Morgan fingerprint density at radius 2 is 2.11 bits per heavy atom. The molecule has 0 aliphatic carbocycles. The van der Waals surface area contributed by atoms with Gasteiger partial charge in [0.15, 0.2) is 0 Å². The van der Waals surface area contributed by atoms with Crippen LogP contribution in [0.1, 0.15) is 18.9 Å². The van der Waals surface area contributed by atoms with Crippen LogP contribution in [0.4, 0.5) is 5.95 Å². The number of rotatable bonds is 3. The van der Waals surface area contributed by atoms with Crippen LogP contribution >= 0.6 is 11.3 Å². The molecule has 1 N–H and O–H groups in total. The Hall–Kier alpha value is -1.75. The van der Waals surface area contributed by atoms with Gasteiger partial charge in [0.25, 0.3) is 0 Å². The number of aryl methyl sites for hydroxylation is 1. The number of fused-ring (bicyclic) bond motifs is 3. The lowest BCUT2D eigenvalue weighted by Gasteiger charge is -2.02. The molecule has 0 bridgehead atoms. The zero-order valence-electron chi connectivity index (χ0n) is 10.4. The summed E-state index contributed by atoms with van der Waals surface area (Å²) in [6.07, 6.45) is 2.83. The molecule has 18 heavy (non-hydrogen) atoms. The Balaban J connectivity index is 2.28. The van der Waals surface area contributed by atoms with Crippen LogP contribution in [0, 0.1) is 0 Å². The van der Waals surface area contributed by atoms with Crippen LogP contribution in [0.3, 0.4) is 0 Å². The molecule has 2 heterocycles. The summed E-state index contributed by atoms with van der Waals surface area (Å²) in [7, 11) is 0. The molecule has 3 aromatic rings. The molecule has 0 aliphatic rings. The third kappa shape index (κ3) is 1.80. The minimum atomic E-state index is 0.684. The summed E-state index contributed by atoms with van der Waals surface area (Å²) in [4.78, 5) is 13.5. The van der Waals surface area contributed by atoms with Crippen LogP contribution in [0.2, 0.25) is 0 Å². The van der Waals surface area contributed by atoms with Gasteiger partial charge in [0.2, 0.25) is 5.95 Å². The average molecular weight is 258 g/mol. The normalized spacial score (nSPS) is 11.2. The maximum absolute atomic E-state index is 4.59. The Morgan fingerprint density at radius 3 is 2.89 bits per heavy atom. The van der Waals surface area contributed by atoms with E-state index in [1.807, 2.05) is 25.3 Å². The predicted molar refractivity (Wildman–Crippen MR) is 76.3 cm³/mol. The molecule has 3 rings (SSSR count). The minimum Gasteiger partial charge on any atom is -0.354 e. The van der Waals surface area contributed by atoms with E-state index in [2.05, 4.69) is 27.2 Å². The van der Waals surface area contributed by atoms with Gasteiger partial charge in [-0.2, -0.15) is 0 Å². The highest BCUT2D eigenvalue weighted by Gasteiger charge is 2.08. The molecule has 0 aliphatic heterocycles. The van der Waals surface area contributed by atoms with Crippen LogP contribution in [0.25, 0.3) is 21.1 Å². The molecule has 0 amide bonds. The van der Waals surface area contributed by atoms with E-state index in [0.29, 0.717) is 5.95 Å². The molecular formula is C13H14N4S. The molecular weight excluding hydrogens is 244 g/mol. The number of hydrogen-bond acceptors (Lipinski definition) is 5. The van der Waals surface area contributed by atoms with Gasteiger partial charge in [-0.3, -0.25) is 0 Å². The number of thiazole rings is 1. The van der Waals surface area contributed by atoms with Crippen molar-refractivity contribution in [3.8, 4) is 0 Å². The zero-order valence-corrected chi connectivity index (χ0v) is 11.2. The number of nitrogens with one attached hydrogen (secondary N) is 1. The fourth-order valence-corrected chi connectivity index (χ4v) is 2.92. The third-order valence-corrected chi connectivity index (χ3v) is 4.01. The summed E-state index contributed by atoms with van der Waals surface area (Å²) in [5.74, 6) is 0.684. The van der Waals surface area contributed by atoms with Gasteiger partial charge >= 0.3 is 0 Å². The van der Waals surface area contributed by atoms with Crippen molar-refractivity contribution in [3.05, 3.63) is 23.3 Å². The Kier molecular flexibility index (Phi) is 2.83. The summed E-state index contributed by atoms with van der Waals surface area (Å²) in [6.45, 7) is 4.99. The molecule has 0 saturated heterocycles. The molecule has 0 fully saturated rings. The summed E-state index contributed by atoms with van der Waals surface area (Å²) in [5.41, 5.74) is 2.03. The highest BCUT2D eigenvalue weighted by molar-refractivity contribution is 7.19. The quantitative estimate of drug-likeness (QED) is 0.783. The SMILES string of the molecule is CCNc1ncc2ccc3nc(CC)sc3c2n1. The second-order valence-corrected chi connectivity index (χ2v) is 5.12. The summed E-state index contributed by atoms with van der Waals surface area (Å²) in [5, 5.41) is 5.37. The Labute approximate surface area is 109 Å². The monoisotopic (exact) mass is 258 g/mol. The number of nitrogens with zero attached hydrogens (tertiary/aromatic N) is 3. The second-order valence-electron chi connectivity index (χ2n) is 4.04. The van der Waals surface area contributed by atoms with E-state index >= 15 is 0 Å². The molecule has 2 aromatic heterocycles. The van der Waals surface area contributed by atoms with Gasteiger partial charge in [0.1, 0.15) is 0 Å². The predicted octanol–water partition coefficient (Wildman–Crippen LogP) is 3.23. The first-order valence-electron chi connectivity index (χ1n) is 6.11. The van der Waals surface area contributed by atoms with Crippen molar-refractivity contribution in [1.29, 1.82) is 0 Å². The lowest BCUT2D eigenvalue weighted by atomic mass is 10.2. The van der Waals surface area contributed by atoms with Gasteiger partial charge in [-0.1, -0.05) is 6.92 Å². The maximum Gasteiger partial charge on any atom is 0.223 e. The van der Waals surface area contributed by atoms with Gasteiger partial charge in [-0.15, -0.1) is 11.3 Å². The van der Waals surface area contributed by atoms with Crippen LogP contribution in [-0.2, 0) is 6.42 Å². The first-order chi connectivity index (χ1) is 8.81. The first kappa shape index (κ1) is 11.3. The number of benzene rings is 1. The molecule has 92 valence electrons. The van der Waals surface area contributed by atoms with Gasteiger partial charge in [-0.05, 0) is 25.5 Å². The van der Waals surface area contributed by atoms with E-state index in [1.54, 1.807) is 11.3 Å². The average Bonchev–Trinajstić information content (AvgIpc) is 2.82. The molecule has 0 unspecified atom stereocenters. The van der Waals surface area contributed by atoms with E-state index in [-0.39, 0.29) is 0 Å². The van der Waals surface area contributed by atoms with E-state index in [1.165, 1.54) is 0 Å². The van der Waals surface area contributed by atoms with Crippen molar-refractivity contribution < 1.29 is 0 Å². The number of anilines is 1. The van der Waals surface area contributed by atoms with Crippen molar-refractivity contribution >= 4 is 38.4 Å². The van der Waals surface area contributed by atoms with Crippen molar-refractivity contribution in [3.63, 3.8) is 0 Å². The van der Waals surface area contributed by atoms with E-state index < -0.39 is 0 Å². The van der Waals surface area contributed by atoms with Crippen molar-refractivity contribution in [2.24, 2.45) is 0 Å². The van der Waals surface area contributed by atoms with Crippen LogP contribution in [0.5, 0.6) is 0 Å². The topological polar surface area (TPSA) is 50.7 Å². The molecule has 4 nitrogen and oxygen atoms in total. The molecule has 0 atom stereocenters. The molecule has 0 saturated carbocycles. The highest BCUT2D eigenvalue weighted by atomic mass is 32.1. The maximum atomic E-state index is 4.59.